The van der Waals surface area contributed by atoms with E-state index in [0.717, 1.165) is 16.8 Å². The lowest BCUT2D eigenvalue weighted by Gasteiger charge is -2.35. The molecular weight excluding hydrogens is 340 g/mol. The molecule has 0 spiro atoms. The molecule has 1 fully saturated rings. The molecule has 0 radical (unpaired) electrons. The molecule has 2 heterocycles. The molecule has 0 aliphatic carbocycles. The predicted molar refractivity (Wildman–Crippen MR) is 102 cm³/mol. The van der Waals surface area contributed by atoms with Gasteiger partial charge in [-0.15, -0.1) is 0 Å². The smallest absolute Gasteiger partial charge is 0.254 e. The van der Waals surface area contributed by atoms with E-state index in [0.29, 0.717) is 18.7 Å². The molecule has 27 heavy (non-hydrogen) atoms. The van der Waals surface area contributed by atoms with Gasteiger partial charge in [0.2, 0.25) is 5.91 Å². The molecule has 1 aliphatic heterocycles. The second-order valence-corrected chi connectivity index (χ2v) is 6.61. The molecule has 136 valence electrons. The van der Waals surface area contributed by atoms with Gasteiger partial charge in [-0.1, -0.05) is 30.3 Å². The van der Waals surface area contributed by atoms with Crippen molar-refractivity contribution in [3.8, 4) is 5.69 Å². The highest BCUT2D eigenvalue weighted by atomic mass is 16.2. The van der Waals surface area contributed by atoms with E-state index in [9.17, 15) is 9.59 Å². The van der Waals surface area contributed by atoms with E-state index in [1.54, 1.807) is 27.9 Å². The zero-order chi connectivity index (χ0) is 18.8. The Morgan fingerprint density at radius 2 is 1.85 bits per heavy atom. The van der Waals surface area contributed by atoms with Gasteiger partial charge in [-0.25, -0.2) is 4.68 Å². The number of amides is 2. The van der Waals surface area contributed by atoms with Crippen LogP contribution in [0.2, 0.25) is 0 Å². The third-order valence-corrected chi connectivity index (χ3v) is 4.68. The minimum atomic E-state index is -0.610. The van der Waals surface area contributed by atoms with Crippen molar-refractivity contribution in [2.75, 3.05) is 13.1 Å². The highest BCUT2D eigenvalue weighted by molar-refractivity contribution is 5.98. The van der Waals surface area contributed by atoms with Gasteiger partial charge in [0.1, 0.15) is 6.04 Å². The first-order chi connectivity index (χ1) is 13.1. The Hall–Kier alpha value is -3.41. The van der Waals surface area contributed by atoms with Gasteiger partial charge in [0.05, 0.1) is 11.9 Å². The van der Waals surface area contributed by atoms with Gasteiger partial charge >= 0.3 is 0 Å². The van der Waals surface area contributed by atoms with E-state index >= 15 is 0 Å². The molecule has 1 atom stereocenters. The topological polar surface area (TPSA) is 67.2 Å². The summed E-state index contributed by atoms with van der Waals surface area (Å²) in [4.78, 5) is 27.2. The average molecular weight is 360 g/mol. The molecule has 6 heteroatoms. The van der Waals surface area contributed by atoms with Crippen LogP contribution in [0, 0.1) is 6.92 Å². The molecule has 2 amide bonds. The predicted octanol–water partition coefficient (Wildman–Crippen LogP) is 2.49. The quantitative estimate of drug-likeness (QED) is 0.780. The van der Waals surface area contributed by atoms with E-state index < -0.39 is 6.04 Å². The van der Waals surface area contributed by atoms with Gasteiger partial charge in [-0.3, -0.25) is 9.59 Å². The Morgan fingerprint density at radius 1 is 1.11 bits per heavy atom. The molecule has 6 nitrogen and oxygen atoms in total. The number of nitrogens with one attached hydrogen (secondary N) is 1. The fraction of sp³-hybridized carbons (Fsp3) is 0.190. The molecule has 0 bridgehead atoms. The highest BCUT2D eigenvalue weighted by Crippen LogP contribution is 2.25. The Kier molecular flexibility index (Phi) is 4.46. The first kappa shape index (κ1) is 17.0. The third-order valence-electron chi connectivity index (χ3n) is 4.68. The number of hydrogen-bond acceptors (Lipinski definition) is 3. The van der Waals surface area contributed by atoms with Gasteiger partial charge in [0.25, 0.3) is 5.91 Å². The van der Waals surface area contributed by atoms with Crippen molar-refractivity contribution in [2.24, 2.45) is 0 Å². The van der Waals surface area contributed by atoms with Crippen molar-refractivity contribution in [1.82, 2.24) is 20.0 Å². The van der Waals surface area contributed by atoms with Gasteiger partial charge < -0.3 is 10.2 Å². The maximum absolute atomic E-state index is 13.1. The number of nitrogens with zero attached hydrogens (tertiary/aromatic N) is 3. The van der Waals surface area contributed by atoms with Crippen LogP contribution in [0.1, 0.15) is 27.5 Å². The van der Waals surface area contributed by atoms with Crippen LogP contribution in [-0.4, -0.2) is 39.6 Å². The third kappa shape index (κ3) is 3.33. The number of piperazine rings is 1. The minimum absolute atomic E-state index is 0.149. The van der Waals surface area contributed by atoms with Crippen LogP contribution in [0.5, 0.6) is 0 Å². The lowest BCUT2D eigenvalue weighted by Crippen LogP contribution is -2.52. The largest absolute Gasteiger partial charge is 0.352 e. The van der Waals surface area contributed by atoms with Crippen LogP contribution in [0.4, 0.5) is 0 Å². The minimum Gasteiger partial charge on any atom is -0.352 e. The number of hydrogen-bond donors (Lipinski definition) is 1. The molecule has 3 aromatic rings. The first-order valence-electron chi connectivity index (χ1n) is 8.89. The van der Waals surface area contributed by atoms with E-state index in [1.807, 2.05) is 55.6 Å². The lowest BCUT2D eigenvalue weighted by atomic mass is 10.0. The number of aryl methyl sites for hydroxylation is 1. The zero-order valence-electron chi connectivity index (χ0n) is 15.0. The summed E-state index contributed by atoms with van der Waals surface area (Å²) in [6.45, 7) is 2.91. The molecule has 4 rings (SSSR count). The number of aromatic nitrogens is 2. The molecule has 1 N–H and O–H groups in total. The van der Waals surface area contributed by atoms with Crippen LogP contribution in [-0.2, 0) is 4.79 Å². The van der Waals surface area contributed by atoms with Crippen LogP contribution in [0.15, 0.2) is 67.0 Å². The van der Waals surface area contributed by atoms with Gasteiger partial charge in [-0.05, 0) is 42.3 Å². The Labute approximate surface area is 157 Å². The van der Waals surface area contributed by atoms with Crippen molar-refractivity contribution in [3.05, 3.63) is 83.7 Å². The highest BCUT2D eigenvalue weighted by Gasteiger charge is 2.34. The summed E-state index contributed by atoms with van der Waals surface area (Å²) in [5, 5.41) is 7.14. The van der Waals surface area contributed by atoms with Gasteiger partial charge in [0, 0.05) is 24.8 Å². The second-order valence-electron chi connectivity index (χ2n) is 6.61. The molecule has 1 aliphatic rings. The normalized spacial score (nSPS) is 16.9. The summed E-state index contributed by atoms with van der Waals surface area (Å²) in [6, 6.07) is 16.1. The number of benzene rings is 2. The second kappa shape index (κ2) is 7.07. The van der Waals surface area contributed by atoms with Crippen LogP contribution >= 0.6 is 0 Å². The van der Waals surface area contributed by atoms with Crippen LogP contribution in [0.25, 0.3) is 5.69 Å². The summed E-state index contributed by atoms with van der Waals surface area (Å²) in [7, 11) is 0. The first-order valence-corrected chi connectivity index (χ1v) is 8.89. The summed E-state index contributed by atoms with van der Waals surface area (Å²) in [5.41, 5.74) is 3.32. The monoisotopic (exact) mass is 360 g/mol. The Balaban J connectivity index is 1.61. The maximum Gasteiger partial charge on any atom is 0.254 e. The zero-order valence-corrected chi connectivity index (χ0v) is 15.0. The van der Waals surface area contributed by atoms with E-state index in [1.165, 1.54) is 0 Å². The van der Waals surface area contributed by atoms with E-state index in [-0.39, 0.29) is 11.8 Å². The fourth-order valence-electron chi connectivity index (χ4n) is 3.33. The van der Waals surface area contributed by atoms with Crippen molar-refractivity contribution in [3.63, 3.8) is 0 Å². The summed E-state index contributed by atoms with van der Waals surface area (Å²) in [6.07, 6.45) is 3.72. The standard InChI is InChI=1S/C21H20N4O2/c1-15-13-23-25(14-15)18-9-7-17(8-10-18)21(27)24-12-11-22-20(26)19(24)16-5-3-2-4-6-16/h2-10,13-14,19H,11-12H2,1H3,(H,22,26)/t19-/m1/s1. The van der Waals surface area contributed by atoms with Crippen molar-refractivity contribution >= 4 is 11.8 Å². The Bertz CT molecular complexity index is 963. The van der Waals surface area contributed by atoms with Crippen molar-refractivity contribution in [1.29, 1.82) is 0 Å². The molecule has 1 aromatic heterocycles. The summed E-state index contributed by atoms with van der Waals surface area (Å²) >= 11 is 0. The molecule has 2 aromatic carbocycles. The summed E-state index contributed by atoms with van der Waals surface area (Å²) < 4.78 is 1.77. The maximum atomic E-state index is 13.1. The lowest BCUT2D eigenvalue weighted by molar-refractivity contribution is -0.128. The van der Waals surface area contributed by atoms with E-state index in [2.05, 4.69) is 10.4 Å². The number of carbonyl (C=O) groups is 2. The Morgan fingerprint density at radius 3 is 2.52 bits per heavy atom. The number of carbonyl (C=O) groups excluding carboxylic acids is 2. The van der Waals surface area contributed by atoms with Gasteiger partial charge in [-0.2, -0.15) is 5.10 Å². The summed E-state index contributed by atoms with van der Waals surface area (Å²) in [5.74, 6) is -0.300. The van der Waals surface area contributed by atoms with Gasteiger partial charge in [0.15, 0.2) is 0 Å². The fourth-order valence-corrected chi connectivity index (χ4v) is 3.33. The average Bonchev–Trinajstić information content (AvgIpc) is 3.14. The van der Waals surface area contributed by atoms with Crippen LogP contribution < -0.4 is 5.32 Å². The molecule has 0 saturated carbocycles. The molecular formula is C21H20N4O2. The molecule has 0 unspecified atom stereocenters. The van der Waals surface area contributed by atoms with Crippen molar-refractivity contribution in [2.45, 2.75) is 13.0 Å². The van der Waals surface area contributed by atoms with Crippen molar-refractivity contribution < 1.29 is 9.59 Å². The van der Waals surface area contributed by atoms with E-state index in [4.69, 9.17) is 0 Å². The number of rotatable bonds is 3. The van der Waals surface area contributed by atoms with Crippen LogP contribution in [0.3, 0.4) is 0 Å². The SMILES string of the molecule is Cc1cnn(-c2ccc(C(=O)N3CCNC(=O)[C@H]3c3ccccc3)cc2)c1. The molecule has 1 saturated heterocycles.